The van der Waals surface area contributed by atoms with E-state index in [-0.39, 0.29) is 16.7 Å². The lowest BCUT2D eigenvalue weighted by atomic mass is 9.94. The fourth-order valence-electron chi connectivity index (χ4n) is 2.60. The van der Waals surface area contributed by atoms with Crippen molar-refractivity contribution in [2.24, 2.45) is 0 Å². The summed E-state index contributed by atoms with van der Waals surface area (Å²) in [5.74, 6) is -2.26. The molecule has 0 radical (unpaired) electrons. The molecule has 0 saturated heterocycles. The van der Waals surface area contributed by atoms with Crippen molar-refractivity contribution in [3.05, 3.63) is 53.1 Å². The first-order chi connectivity index (χ1) is 11.5. The van der Waals surface area contributed by atoms with Gasteiger partial charge in [0.1, 0.15) is 0 Å². The minimum atomic E-state index is -1.13. The average Bonchev–Trinajstić information content (AvgIpc) is 2.55. The maximum absolute atomic E-state index is 11.5. The van der Waals surface area contributed by atoms with Crippen LogP contribution in [-0.4, -0.2) is 28.7 Å². The van der Waals surface area contributed by atoms with Crippen molar-refractivity contribution >= 4 is 17.6 Å². The van der Waals surface area contributed by atoms with E-state index in [0.717, 1.165) is 30.6 Å². The van der Waals surface area contributed by atoms with E-state index in [1.165, 1.54) is 19.1 Å². The van der Waals surface area contributed by atoms with Crippen LogP contribution in [-0.2, 0) is 0 Å². The van der Waals surface area contributed by atoms with Crippen LogP contribution < -0.4 is 5.32 Å². The van der Waals surface area contributed by atoms with Crippen LogP contribution in [0.15, 0.2) is 36.4 Å². The van der Waals surface area contributed by atoms with Gasteiger partial charge in [-0.3, -0.25) is 0 Å². The molecule has 2 rings (SSSR count). The third-order valence-corrected chi connectivity index (χ3v) is 3.95. The molecule has 0 fully saturated rings. The molecule has 126 valence electrons. The van der Waals surface area contributed by atoms with Gasteiger partial charge in [0.25, 0.3) is 0 Å². The second-order valence-electron chi connectivity index (χ2n) is 5.63. The number of anilines is 1. The predicted octanol–water partition coefficient (Wildman–Crippen LogP) is 4.27. The Morgan fingerprint density at radius 1 is 1.04 bits per heavy atom. The highest BCUT2D eigenvalue weighted by Crippen LogP contribution is 2.31. The van der Waals surface area contributed by atoms with Gasteiger partial charge in [0, 0.05) is 17.8 Å². The lowest BCUT2D eigenvalue weighted by Gasteiger charge is -2.14. The summed E-state index contributed by atoms with van der Waals surface area (Å²) in [4.78, 5) is 22.9. The first kappa shape index (κ1) is 17.5. The van der Waals surface area contributed by atoms with Gasteiger partial charge in [-0.2, -0.15) is 0 Å². The summed E-state index contributed by atoms with van der Waals surface area (Å²) in [6.45, 7) is 4.42. The summed E-state index contributed by atoms with van der Waals surface area (Å²) in [5.41, 5.74) is 2.51. The summed E-state index contributed by atoms with van der Waals surface area (Å²) in [6.07, 6.45) is 2.08. The highest BCUT2D eigenvalue weighted by molar-refractivity contribution is 5.99. The van der Waals surface area contributed by atoms with Crippen LogP contribution in [0.25, 0.3) is 11.1 Å². The first-order valence-corrected chi connectivity index (χ1v) is 7.90. The Labute approximate surface area is 141 Å². The van der Waals surface area contributed by atoms with Crippen LogP contribution >= 0.6 is 0 Å². The van der Waals surface area contributed by atoms with Crippen molar-refractivity contribution in [1.82, 2.24) is 0 Å². The van der Waals surface area contributed by atoms with Gasteiger partial charge in [0.15, 0.2) is 0 Å². The quantitative estimate of drug-likeness (QED) is 0.661. The molecule has 5 nitrogen and oxygen atoms in total. The third kappa shape index (κ3) is 3.74. The van der Waals surface area contributed by atoms with E-state index in [2.05, 4.69) is 12.2 Å². The second-order valence-corrected chi connectivity index (χ2v) is 5.63. The minimum absolute atomic E-state index is 0.00765. The van der Waals surface area contributed by atoms with Gasteiger partial charge in [-0.05, 0) is 42.7 Å². The number of unbranched alkanes of at least 4 members (excludes halogenated alkanes) is 1. The lowest BCUT2D eigenvalue weighted by molar-refractivity contribution is 0.0696. The Kier molecular flexibility index (Phi) is 5.58. The van der Waals surface area contributed by atoms with Crippen LogP contribution in [0.2, 0.25) is 0 Å². The van der Waals surface area contributed by atoms with Gasteiger partial charge in [-0.25, -0.2) is 9.59 Å². The summed E-state index contributed by atoms with van der Waals surface area (Å²) < 4.78 is 0. The zero-order chi connectivity index (χ0) is 17.7. The standard InChI is InChI=1S/C19H21NO4/c1-3-4-9-20-17-8-6-5-7-14(17)13-10-15(18(21)22)12(2)16(11-13)19(23)24/h5-8,10-11,20H,3-4,9H2,1-2H3,(H,21,22)(H,23,24). The number of para-hydroxylation sites is 1. The Bertz CT molecular complexity index is 733. The molecule has 2 aromatic rings. The molecule has 24 heavy (non-hydrogen) atoms. The molecule has 0 bridgehead atoms. The molecule has 5 heteroatoms. The molecule has 0 atom stereocenters. The number of rotatable bonds is 7. The zero-order valence-corrected chi connectivity index (χ0v) is 13.8. The first-order valence-electron chi connectivity index (χ1n) is 7.90. The number of hydrogen-bond acceptors (Lipinski definition) is 3. The van der Waals surface area contributed by atoms with Gasteiger partial charge in [-0.15, -0.1) is 0 Å². The number of nitrogens with one attached hydrogen (secondary N) is 1. The van der Waals surface area contributed by atoms with Crippen LogP contribution in [0, 0.1) is 6.92 Å². The fraction of sp³-hybridized carbons (Fsp3) is 0.263. The second kappa shape index (κ2) is 7.64. The zero-order valence-electron chi connectivity index (χ0n) is 13.8. The number of benzene rings is 2. The molecule has 2 aromatic carbocycles. The van der Waals surface area contributed by atoms with Crippen molar-refractivity contribution in [3.8, 4) is 11.1 Å². The molecule has 0 saturated carbocycles. The van der Waals surface area contributed by atoms with E-state index in [0.29, 0.717) is 5.56 Å². The number of carboxylic acids is 2. The average molecular weight is 327 g/mol. The lowest BCUT2D eigenvalue weighted by Crippen LogP contribution is -2.08. The highest BCUT2D eigenvalue weighted by Gasteiger charge is 2.18. The molecule has 0 unspecified atom stereocenters. The number of aromatic carboxylic acids is 2. The Balaban J connectivity index is 2.56. The summed E-state index contributed by atoms with van der Waals surface area (Å²) in [6, 6.07) is 10.6. The van der Waals surface area contributed by atoms with Gasteiger partial charge in [0.05, 0.1) is 11.1 Å². The Morgan fingerprint density at radius 3 is 2.17 bits per heavy atom. The molecule has 0 spiro atoms. The molecule has 0 amide bonds. The van der Waals surface area contributed by atoms with Crippen molar-refractivity contribution in [3.63, 3.8) is 0 Å². The summed E-state index contributed by atoms with van der Waals surface area (Å²) >= 11 is 0. The molecule has 0 aromatic heterocycles. The molecule has 0 aliphatic heterocycles. The Morgan fingerprint density at radius 2 is 1.62 bits per heavy atom. The number of carbonyl (C=O) groups is 2. The van der Waals surface area contributed by atoms with E-state index in [9.17, 15) is 19.8 Å². The molecule has 0 aliphatic carbocycles. The molecular formula is C19H21NO4. The van der Waals surface area contributed by atoms with Crippen molar-refractivity contribution in [2.45, 2.75) is 26.7 Å². The van der Waals surface area contributed by atoms with Crippen LogP contribution in [0.1, 0.15) is 46.0 Å². The monoisotopic (exact) mass is 327 g/mol. The highest BCUT2D eigenvalue weighted by atomic mass is 16.4. The maximum atomic E-state index is 11.5. The van der Waals surface area contributed by atoms with Gasteiger partial charge in [0.2, 0.25) is 0 Å². The normalized spacial score (nSPS) is 10.4. The van der Waals surface area contributed by atoms with E-state index >= 15 is 0 Å². The van der Waals surface area contributed by atoms with Crippen molar-refractivity contribution < 1.29 is 19.8 Å². The maximum Gasteiger partial charge on any atom is 0.335 e. The molecular weight excluding hydrogens is 306 g/mol. The SMILES string of the molecule is CCCCNc1ccccc1-c1cc(C(=O)O)c(C)c(C(=O)O)c1. The largest absolute Gasteiger partial charge is 0.478 e. The van der Waals surface area contributed by atoms with Crippen molar-refractivity contribution in [1.29, 1.82) is 0 Å². The molecule has 0 heterocycles. The van der Waals surface area contributed by atoms with Gasteiger partial charge in [-0.1, -0.05) is 31.5 Å². The minimum Gasteiger partial charge on any atom is -0.478 e. The topological polar surface area (TPSA) is 86.6 Å². The third-order valence-electron chi connectivity index (χ3n) is 3.95. The van der Waals surface area contributed by atoms with E-state index < -0.39 is 11.9 Å². The van der Waals surface area contributed by atoms with E-state index in [4.69, 9.17) is 0 Å². The molecule has 3 N–H and O–H groups in total. The van der Waals surface area contributed by atoms with E-state index in [1.54, 1.807) is 0 Å². The van der Waals surface area contributed by atoms with Crippen LogP contribution in [0.5, 0.6) is 0 Å². The smallest absolute Gasteiger partial charge is 0.335 e. The fourth-order valence-corrected chi connectivity index (χ4v) is 2.60. The van der Waals surface area contributed by atoms with Crippen molar-refractivity contribution in [2.75, 3.05) is 11.9 Å². The summed E-state index contributed by atoms with van der Waals surface area (Å²) in [5, 5.41) is 22.1. The van der Waals surface area contributed by atoms with Crippen LogP contribution in [0.4, 0.5) is 5.69 Å². The number of hydrogen-bond donors (Lipinski definition) is 3. The Hall–Kier alpha value is -2.82. The van der Waals surface area contributed by atoms with Gasteiger partial charge >= 0.3 is 11.9 Å². The molecule has 0 aliphatic rings. The van der Waals surface area contributed by atoms with Crippen LogP contribution in [0.3, 0.4) is 0 Å². The predicted molar refractivity (Wildman–Crippen MR) is 93.9 cm³/mol. The summed E-state index contributed by atoms with van der Waals surface area (Å²) in [7, 11) is 0. The van der Waals surface area contributed by atoms with Gasteiger partial charge < -0.3 is 15.5 Å². The number of carboxylic acid groups (broad SMARTS) is 2. The van der Waals surface area contributed by atoms with E-state index in [1.807, 2.05) is 24.3 Å².